The molecule has 2 aromatic rings. The molecule has 0 saturated heterocycles. The summed E-state index contributed by atoms with van der Waals surface area (Å²) in [5, 5.41) is 20.4. The average Bonchev–Trinajstić information content (AvgIpc) is 2.99. The van der Waals surface area contributed by atoms with Crippen molar-refractivity contribution >= 4 is 23.8 Å². The van der Waals surface area contributed by atoms with E-state index in [1.165, 1.54) is 11.8 Å². The van der Waals surface area contributed by atoms with Crippen molar-refractivity contribution in [2.45, 2.75) is 12.0 Å². The van der Waals surface area contributed by atoms with Gasteiger partial charge in [-0.05, 0) is 22.3 Å². The number of aliphatic hydroxyl groups excluding tert-OH is 1. The van der Waals surface area contributed by atoms with Crippen LogP contribution >= 0.6 is 11.8 Å². The molecular formula is C20H21NO5S. The van der Waals surface area contributed by atoms with Crippen LogP contribution in [0.3, 0.4) is 0 Å². The Morgan fingerprint density at radius 3 is 2.22 bits per heavy atom. The van der Waals surface area contributed by atoms with Gasteiger partial charge in [-0.1, -0.05) is 48.5 Å². The summed E-state index contributed by atoms with van der Waals surface area (Å²) in [5.41, 5.74) is 4.46. The summed E-state index contributed by atoms with van der Waals surface area (Å²) in [5.74, 6) is -0.625. The van der Waals surface area contributed by atoms with Crippen LogP contribution in [0.4, 0.5) is 4.79 Å². The quantitative estimate of drug-likeness (QED) is 0.603. The molecule has 0 unspecified atom stereocenters. The first-order valence-corrected chi connectivity index (χ1v) is 9.80. The van der Waals surface area contributed by atoms with E-state index in [-0.39, 0.29) is 24.9 Å². The van der Waals surface area contributed by atoms with Crippen LogP contribution in [0.25, 0.3) is 11.1 Å². The molecule has 0 aromatic heterocycles. The highest BCUT2D eigenvalue weighted by Gasteiger charge is 2.29. The Balaban J connectivity index is 1.64. The molecule has 6 nitrogen and oxygen atoms in total. The maximum absolute atomic E-state index is 12.1. The number of amides is 1. The second-order valence-electron chi connectivity index (χ2n) is 6.16. The van der Waals surface area contributed by atoms with Crippen molar-refractivity contribution < 1.29 is 24.5 Å². The molecule has 3 N–H and O–H groups in total. The Labute approximate surface area is 161 Å². The van der Waals surface area contributed by atoms with Crippen molar-refractivity contribution in [3.05, 3.63) is 59.7 Å². The van der Waals surface area contributed by atoms with Gasteiger partial charge in [0.05, 0.1) is 6.61 Å². The van der Waals surface area contributed by atoms with Gasteiger partial charge in [0.25, 0.3) is 0 Å². The molecule has 27 heavy (non-hydrogen) atoms. The molecule has 0 saturated carbocycles. The summed E-state index contributed by atoms with van der Waals surface area (Å²) in [6, 6.07) is 14.9. The maximum Gasteiger partial charge on any atom is 0.407 e. The molecular weight excluding hydrogens is 366 g/mol. The van der Waals surface area contributed by atoms with E-state index in [4.69, 9.17) is 9.84 Å². The highest BCUT2D eigenvalue weighted by molar-refractivity contribution is 7.99. The molecule has 0 bridgehead atoms. The summed E-state index contributed by atoms with van der Waals surface area (Å²) in [4.78, 5) is 23.4. The van der Waals surface area contributed by atoms with Crippen LogP contribution in [0.2, 0.25) is 0 Å². The molecule has 1 atom stereocenters. The second-order valence-corrected chi connectivity index (χ2v) is 7.31. The second kappa shape index (κ2) is 8.92. The maximum atomic E-state index is 12.1. The zero-order valence-electron chi connectivity index (χ0n) is 14.6. The molecule has 1 amide bonds. The van der Waals surface area contributed by atoms with Crippen molar-refractivity contribution in [3.8, 4) is 11.1 Å². The number of benzene rings is 2. The number of fused-ring (bicyclic) bond motifs is 3. The standard InChI is InChI=1S/C20H21NO5S/c22-9-10-27-12-18(19(23)24)21-20(25)26-11-17-15-7-3-1-5-13(15)14-6-2-4-8-16(14)17/h1-8,17-18,22H,9-12H2,(H,21,25)(H,23,24)/t18-/m0/s1. The van der Waals surface area contributed by atoms with E-state index in [9.17, 15) is 14.7 Å². The van der Waals surface area contributed by atoms with Crippen LogP contribution in [0.15, 0.2) is 48.5 Å². The van der Waals surface area contributed by atoms with E-state index in [0.29, 0.717) is 5.75 Å². The molecule has 0 radical (unpaired) electrons. The number of nitrogens with one attached hydrogen (secondary N) is 1. The van der Waals surface area contributed by atoms with E-state index < -0.39 is 18.1 Å². The minimum absolute atomic E-state index is 0.0397. The fraction of sp³-hybridized carbons (Fsp3) is 0.300. The molecule has 0 aliphatic heterocycles. The summed E-state index contributed by atoms with van der Waals surface area (Å²) in [6.07, 6.45) is -0.756. The monoisotopic (exact) mass is 387 g/mol. The third kappa shape index (κ3) is 4.43. The van der Waals surface area contributed by atoms with Gasteiger partial charge in [0.15, 0.2) is 0 Å². The van der Waals surface area contributed by atoms with Gasteiger partial charge >= 0.3 is 12.1 Å². The number of carbonyl (C=O) groups is 2. The van der Waals surface area contributed by atoms with Crippen molar-refractivity contribution in [1.29, 1.82) is 0 Å². The van der Waals surface area contributed by atoms with Gasteiger partial charge in [-0.25, -0.2) is 9.59 Å². The van der Waals surface area contributed by atoms with Crippen LogP contribution in [0, 0.1) is 0 Å². The Hall–Kier alpha value is -2.51. The van der Waals surface area contributed by atoms with Crippen molar-refractivity contribution in [2.75, 3.05) is 24.7 Å². The van der Waals surface area contributed by atoms with Gasteiger partial charge in [0.1, 0.15) is 12.6 Å². The van der Waals surface area contributed by atoms with E-state index in [1.807, 2.05) is 48.5 Å². The number of aliphatic carboxylic acids is 1. The lowest BCUT2D eigenvalue weighted by Crippen LogP contribution is -2.43. The Morgan fingerprint density at radius 1 is 1.07 bits per heavy atom. The van der Waals surface area contributed by atoms with E-state index in [2.05, 4.69) is 5.32 Å². The highest BCUT2D eigenvalue weighted by atomic mass is 32.2. The van der Waals surface area contributed by atoms with Crippen LogP contribution in [-0.2, 0) is 9.53 Å². The number of hydrogen-bond acceptors (Lipinski definition) is 5. The fourth-order valence-electron chi connectivity index (χ4n) is 3.22. The number of hydrogen-bond donors (Lipinski definition) is 3. The Morgan fingerprint density at radius 2 is 1.67 bits per heavy atom. The molecule has 3 rings (SSSR count). The third-order valence-corrected chi connectivity index (χ3v) is 5.49. The smallest absolute Gasteiger partial charge is 0.407 e. The van der Waals surface area contributed by atoms with Gasteiger partial charge in [-0.15, -0.1) is 0 Å². The molecule has 0 spiro atoms. The first-order chi connectivity index (χ1) is 13.1. The molecule has 142 valence electrons. The summed E-state index contributed by atoms with van der Waals surface area (Å²) >= 11 is 1.26. The largest absolute Gasteiger partial charge is 0.480 e. The lowest BCUT2D eigenvalue weighted by Gasteiger charge is -2.17. The lowest BCUT2D eigenvalue weighted by atomic mass is 9.98. The van der Waals surface area contributed by atoms with Gasteiger partial charge in [0.2, 0.25) is 0 Å². The number of ether oxygens (including phenoxy) is 1. The van der Waals surface area contributed by atoms with E-state index in [1.54, 1.807) is 0 Å². The molecule has 1 aliphatic carbocycles. The number of thioether (sulfide) groups is 1. The topological polar surface area (TPSA) is 95.9 Å². The zero-order chi connectivity index (χ0) is 19.2. The first kappa shape index (κ1) is 19.3. The Kier molecular flexibility index (Phi) is 6.36. The number of alkyl carbamates (subject to hydrolysis) is 1. The summed E-state index contributed by atoms with van der Waals surface area (Å²) in [6.45, 7) is 0.0952. The minimum atomic E-state index is -1.13. The number of carbonyl (C=O) groups excluding carboxylic acids is 1. The van der Waals surface area contributed by atoms with Crippen molar-refractivity contribution in [1.82, 2.24) is 5.32 Å². The first-order valence-electron chi connectivity index (χ1n) is 8.64. The van der Waals surface area contributed by atoms with Gasteiger partial charge in [-0.3, -0.25) is 0 Å². The normalized spacial score (nSPS) is 13.5. The Bertz CT molecular complexity index is 780. The van der Waals surface area contributed by atoms with Crippen LogP contribution in [0.1, 0.15) is 17.0 Å². The number of carboxylic acids is 1. The SMILES string of the molecule is O=C(N[C@@H](CSCCO)C(=O)O)OCC1c2ccccc2-c2ccccc21. The van der Waals surface area contributed by atoms with E-state index in [0.717, 1.165) is 22.3 Å². The van der Waals surface area contributed by atoms with Crippen LogP contribution < -0.4 is 5.32 Å². The molecule has 1 aliphatic rings. The van der Waals surface area contributed by atoms with Crippen molar-refractivity contribution in [2.24, 2.45) is 0 Å². The van der Waals surface area contributed by atoms with Gasteiger partial charge in [0, 0.05) is 17.4 Å². The predicted molar refractivity (Wildman–Crippen MR) is 104 cm³/mol. The summed E-state index contributed by atoms with van der Waals surface area (Å²) < 4.78 is 5.35. The molecule has 0 heterocycles. The van der Waals surface area contributed by atoms with Gasteiger partial charge < -0.3 is 20.3 Å². The van der Waals surface area contributed by atoms with Crippen molar-refractivity contribution in [3.63, 3.8) is 0 Å². The van der Waals surface area contributed by atoms with Gasteiger partial charge in [-0.2, -0.15) is 11.8 Å². The van der Waals surface area contributed by atoms with Crippen LogP contribution in [0.5, 0.6) is 0 Å². The molecule has 7 heteroatoms. The number of rotatable bonds is 8. The fourth-order valence-corrected chi connectivity index (χ4v) is 3.98. The average molecular weight is 387 g/mol. The van der Waals surface area contributed by atoms with Crippen LogP contribution in [-0.4, -0.2) is 53.0 Å². The number of carboxylic acid groups (broad SMARTS) is 1. The molecule has 0 fully saturated rings. The highest BCUT2D eigenvalue weighted by Crippen LogP contribution is 2.44. The minimum Gasteiger partial charge on any atom is -0.480 e. The molecule has 2 aromatic carbocycles. The summed E-state index contributed by atoms with van der Waals surface area (Å²) in [7, 11) is 0. The predicted octanol–water partition coefficient (Wildman–Crippen LogP) is 2.70. The number of aliphatic hydroxyl groups is 1. The third-order valence-electron chi connectivity index (χ3n) is 4.45. The zero-order valence-corrected chi connectivity index (χ0v) is 15.4. The lowest BCUT2D eigenvalue weighted by molar-refractivity contribution is -0.138. The van der Waals surface area contributed by atoms with E-state index >= 15 is 0 Å².